The molecule has 136 valence electrons. The van der Waals surface area contributed by atoms with Crippen LogP contribution in [-0.2, 0) is 4.79 Å². The quantitative estimate of drug-likeness (QED) is 0.774. The number of benzene rings is 2. The van der Waals surface area contributed by atoms with Crippen molar-refractivity contribution < 1.29 is 13.6 Å². The van der Waals surface area contributed by atoms with E-state index in [4.69, 9.17) is 0 Å². The lowest BCUT2D eigenvalue weighted by Gasteiger charge is -2.41. The molecule has 2 aromatic carbocycles. The molecule has 0 unspecified atom stereocenters. The Morgan fingerprint density at radius 2 is 1.85 bits per heavy atom. The number of hydrogen-bond donors (Lipinski definition) is 0. The van der Waals surface area contributed by atoms with Crippen LogP contribution >= 0.6 is 0 Å². The van der Waals surface area contributed by atoms with Crippen LogP contribution in [0.25, 0.3) is 0 Å². The number of nitrogens with zero attached hydrogens (tertiary/aromatic N) is 1. The van der Waals surface area contributed by atoms with Gasteiger partial charge in [0, 0.05) is 24.9 Å². The Morgan fingerprint density at radius 3 is 2.62 bits per heavy atom. The minimum Gasteiger partial charge on any atom is -0.339 e. The first-order valence-corrected chi connectivity index (χ1v) is 9.36. The van der Waals surface area contributed by atoms with Crippen molar-refractivity contribution in [2.75, 3.05) is 6.54 Å². The summed E-state index contributed by atoms with van der Waals surface area (Å²) in [6.45, 7) is 2.57. The smallest absolute Gasteiger partial charge is 0.222 e. The van der Waals surface area contributed by atoms with Crippen LogP contribution in [0.15, 0.2) is 42.5 Å². The van der Waals surface area contributed by atoms with Gasteiger partial charge in [-0.1, -0.05) is 30.3 Å². The minimum atomic E-state index is -0.293. The van der Waals surface area contributed by atoms with Crippen LogP contribution in [0.3, 0.4) is 0 Å². The number of carbonyl (C=O) groups is 1. The second-order valence-electron chi connectivity index (χ2n) is 7.51. The van der Waals surface area contributed by atoms with Gasteiger partial charge in [0.25, 0.3) is 0 Å². The van der Waals surface area contributed by atoms with Crippen LogP contribution in [0.2, 0.25) is 0 Å². The van der Waals surface area contributed by atoms with E-state index in [1.165, 1.54) is 12.1 Å². The maximum absolute atomic E-state index is 15.0. The Kier molecular flexibility index (Phi) is 4.51. The van der Waals surface area contributed by atoms with Gasteiger partial charge >= 0.3 is 0 Å². The molecule has 4 heteroatoms. The Balaban J connectivity index is 1.81. The Hall–Kier alpha value is -2.23. The third kappa shape index (κ3) is 2.91. The van der Waals surface area contributed by atoms with E-state index < -0.39 is 0 Å². The number of halogens is 2. The molecule has 4 rings (SSSR count). The normalized spacial score (nSPS) is 23.8. The molecule has 2 nitrogen and oxygen atoms in total. The average Bonchev–Trinajstić information content (AvgIpc) is 3.13. The number of carbonyl (C=O) groups excluding carboxylic acids is 1. The summed E-state index contributed by atoms with van der Waals surface area (Å²) in [7, 11) is 0. The molecular formula is C22H23F2NO. The van der Waals surface area contributed by atoms with Gasteiger partial charge in [-0.15, -0.1) is 0 Å². The van der Waals surface area contributed by atoms with Gasteiger partial charge in [-0.3, -0.25) is 4.79 Å². The summed E-state index contributed by atoms with van der Waals surface area (Å²) in [5.74, 6) is -0.292. The topological polar surface area (TPSA) is 20.3 Å². The number of rotatable bonds is 3. The van der Waals surface area contributed by atoms with Crippen LogP contribution in [0.4, 0.5) is 8.78 Å². The fourth-order valence-electron chi connectivity index (χ4n) is 4.80. The number of amides is 1. The van der Waals surface area contributed by atoms with Gasteiger partial charge in [0.2, 0.25) is 5.91 Å². The highest BCUT2D eigenvalue weighted by Gasteiger charge is 2.43. The molecule has 0 radical (unpaired) electrons. The maximum atomic E-state index is 15.0. The number of hydrogen-bond acceptors (Lipinski definition) is 1. The zero-order valence-electron chi connectivity index (χ0n) is 14.9. The predicted octanol–water partition coefficient (Wildman–Crippen LogP) is 4.81. The van der Waals surface area contributed by atoms with Crippen molar-refractivity contribution in [3.05, 3.63) is 70.8 Å². The van der Waals surface area contributed by atoms with Crippen molar-refractivity contribution in [1.82, 2.24) is 4.90 Å². The van der Waals surface area contributed by atoms with Gasteiger partial charge in [0.1, 0.15) is 11.6 Å². The van der Waals surface area contributed by atoms with Crippen molar-refractivity contribution in [3.8, 4) is 0 Å². The third-order valence-electron chi connectivity index (χ3n) is 6.02. The highest BCUT2D eigenvalue weighted by molar-refractivity contribution is 5.78. The average molecular weight is 355 g/mol. The van der Waals surface area contributed by atoms with E-state index in [0.29, 0.717) is 17.5 Å². The van der Waals surface area contributed by atoms with Gasteiger partial charge in [-0.05, 0) is 60.9 Å². The van der Waals surface area contributed by atoms with Gasteiger partial charge in [-0.2, -0.15) is 0 Å². The molecule has 2 aliphatic rings. The van der Waals surface area contributed by atoms with Crippen molar-refractivity contribution in [3.63, 3.8) is 0 Å². The summed E-state index contributed by atoms with van der Waals surface area (Å²) in [6.07, 6.45) is 3.21. The Bertz CT molecular complexity index is 817. The SMILES string of the molecule is Cc1cccc([C@H](c2ccc(F)cc2)[C@H]2CCC(=O)N3CCC[C@H]23)c1F. The Morgan fingerprint density at radius 1 is 1.08 bits per heavy atom. The van der Waals surface area contributed by atoms with Crippen molar-refractivity contribution in [1.29, 1.82) is 0 Å². The van der Waals surface area contributed by atoms with Crippen LogP contribution in [0, 0.1) is 24.5 Å². The van der Waals surface area contributed by atoms with E-state index in [1.807, 2.05) is 17.0 Å². The van der Waals surface area contributed by atoms with Crippen molar-refractivity contribution >= 4 is 5.91 Å². The summed E-state index contributed by atoms with van der Waals surface area (Å²) in [6, 6.07) is 12.0. The molecule has 26 heavy (non-hydrogen) atoms. The first-order chi connectivity index (χ1) is 12.6. The van der Waals surface area contributed by atoms with E-state index in [-0.39, 0.29) is 35.4 Å². The van der Waals surface area contributed by atoms with Crippen molar-refractivity contribution in [2.45, 2.75) is 44.6 Å². The fraction of sp³-hybridized carbons (Fsp3) is 0.409. The lowest BCUT2D eigenvalue weighted by molar-refractivity contribution is -0.136. The fourth-order valence-corrected chi connectivity index (χ4v) is 4.80. The zero-order valence-corrected chi connectivity index (χ0v) is 14.9. The first kappa shape index (κ1) is 17.2. The summed E-state index contributed by atoms with van der Waals surface area (Å²) in [5, 5.41) is 0. The van der Waals surface area contributed by atoms with Gasteiger partial charge in [-0.25, -0.2) is 8.78 Å². The maximum Gasteiger partial charge on any atom is 0.222 e. The molecule has 0 aromatic heterocycles. The predicted molar refractivity (Wildman–Crippen MR) is 96.8 cm³/mol. The largest absolute Gasteiger partial charge is 0.339 e. The van der Waals surface area contributed by atoms with Crippen LogP contribution in [0.1, 0.15) is 48.3 Å². The number of aryl methyl sites for hydroxylation is 1. The van der Waals surface area contributed by atoms with E-state index in [1.54, 1.807) is 25.1 Å². The second-order valence-corrected chi connectivity index (χ2v) is 7.51. The zero-order chi connectivity index (χ0) is 18.3. The molecule has 1 amide bonds. The standard InChI is InChI=1S/C22H23F2NO/c1-14-4-2-5-18(22(14)24)21(15-7-9-16(23)10-8-15)17-11-12-20(26)25-13-3-6-19(17)25/h2,4-5,7-10,17,19,21H,3,6,11-13H2,1H3/t17-,19+,21+/m0/s1. The van der Waals surface area contributed by atoms with Crippen molar-refractivity contribution in [2.24, 2.45) is 5.92 Å². The van der Waals surface area contributed by atoms with Crippen LogP contribution in [-0.4, -0.2) is 23.4 Å². The minimum absolute atomic E-state index is 0.145. The molecule has 2 aromatic rings. The molecule has 2 fully saturated rings. The molecule has 0 saturated carbocycles. The van der Waals surface area contributed by atoms with E-state index in [0.717, 1.165) is 31.4 Å². The number of piperidine rings is 1. The number of fused-ring (bicyclic) bond motifs is 1. The molecule has 2 heterocycles. The molecule has 2 saturated heterocycles. The third-order valence-corrected chi connectivity index (χ3v) is 6.02. The van der Waals surface area contributed by atoms with E-state index in [9.17, 15) is 9.18 Å². The highest BCUT2D eigenvalue weighted by atomic mass is 19.1. The van der Waals surface area contributed by atoms with Gasteiger partial charge in [0.15, 0.2) is 0 Å². The van der Waals surface area contributed by atoms with Crippen LogP contribution in [0.5, 0.6) is 0 Å². The van der Waals surface area contributed by atoms with E-state index in [2.05, 4.69) is 0 Å². The summed E-state index contributed by atoms with van der Waals surface area (Å²) in [4.78, 5) is 14.3. The molecule has 3 atom stereocenters. The summed E-state index contributed by atoms with van der Waals surface area (Å²) >= 11 is 0. The van der Waals surface area contributed by atoms with Gasteiger partial charge < -0.3 is 4.90 Å². The van der Waals surface area contributed by atoms with E-state index >= 15 is 4.39 Å². The lowest BCUT2D eigenvalue weighted by Crippen LogP contribution is -2.46. The molecule has 2 aliphatic heterocycles. The Labute approximate surface area is 152 Å². The molecular weight excluding hydrogens is 332 g/mol. The second kappa shape index (κ2) is 6.82. The molecule has 0 spiro atoms. The van der Waals surface area contributed by atoms with Gasteiger partial charge in [0.05, 0.1) is 0 Å². The highest BCUT2D eigenvalue weighted by Crippen LogP contribution is 2.44. The molecule has 0 bridgehead atoms. The molecule has 0 aliphatic carbocycles. The monoisotopic (exact) mass is 355 g/mol. The lowest BCUT2D eigenvalue weighted by atomic mass is 9.72. The first-order valence-electron chi connectivity index (χ1n) is 9.36. The molecule has 0 N–H and O–H groups in total. The summed E-state index contributed by atoms with van der Waals surface area (Å²) < 4.78 is 28.5. The van der Waals surface area contributed by atoms with Crippen LogP contribution < -0.4 is 0 Å². The summed E-state index contributed by atoms with van der Waals surface area (Å²) in [5.41, 5.74) is 2.19.